The van der Waals surface area contributed by atoms with Crippen LogP contribution < -0.4 is 15.5 Å². The van der Waals surface area contributed by atoms with Crippen LogP contribution >= 0.6 is 0 Å². The first-order valence-corrected chi connectivity index (χ1v) is 13.6. The molecule has 0 aliphatic carbocycles. The van der Waals surface area contributed by atoms with Crippen LogP contribution in [-0.2, 0) is 22.7 Å². The molecule has 2 aromatic carbocycles. The van der Waals surface area contributed by atoms with Gasteiger partial charge in [-0.15, -0.1) is 0 Å². The number of carbonyl (C=O) groups is 4. The van der Waals surface area contributed by atoms with Gasteiger partial charge in [0.2, 0.25) is 11.8 Å². The monoisotopic (exact) mass is 556 g/mol. The first-order chi connectivity index (χ1) is 19.9. The summed E-state index contributed by atoms with van der Waals surface area (Å²) in [7, 11) is 0. The highest BCUT2D eigenvalue weighted by Gasteiger charge is 2.45. The highest BCUT2D eigenvalue weighted by Crippen LogP contribution is 2.32. The molecule has 2 N–H and O–H groups in total. The topological polar surface area (TPSA) is 115 Å². The van der Waals surface area contributed by atoms with Crippen molar-refractivity contribution in [3.8, 4) is 0 Å². The van der Waals surface area contributed by atoms with Crippen molar-refractivity contribution in [2.24, 2.45) is 0 Å². The lowest BCUT2D eigenvalue weighted by Gasteiger charge is -2.35. The molecular weight excluding hydrogens is 527 g/mol. The summed E-state index contributed by atoms with van der Waals surface area (Å²) in [6, 6.07) is 15.2. The molecule has 1 atom stereocenters. The molecule has 4 heterocycles. The zero-order chi connectivity index (χ0) is 28.5. The number of anilines is 2. The van der Waals surface area contributed by atoms with Gasteiger partial charge in [-0.2, -0.15) is 0 Å². The Morgan fingerprint density at radius 2 is 1.66 bits per heavy atom. The fraction of sp³-hybridized carbons (Fsp3) is 0.300. The second kappa shape index (κ2) is 11.1. The second-order valence-electron chi connectivity index (χ2n) is 10.4. The van der Waals surface area contributed by atoms with E-state index in [0.29, 0.717) is 31.1 Å². The summed E-state index contributed by atoms with van der Waals surface area (Å²) in [6.45, 7) is 4.25. The highest BCUT2D eigenvalue weighted by molar-refractivity contribution is 6.25. The van der Waals surface area contributed by atoms with E-state index >= 15 is 0 Å². The number of piperazine rings is 1. The Balaban J connectivity index is 1.06. The lowest BCUT2D eigenvalue weighted by atomic mass is 10.0. The molecule has 210 valence electrons. The number of amides is 4. The van der Waals surface area contributed by atoms with Gasteiger partial charge in [0.25, 0.3) is 11.8 Å². The number of piperidine rings is 1. The van der Waals surface area contributed by atoms with E-state index in [1.54, 1.807) is 30.5 Å². The van der Waals surface area contributed by atoms with Gasteiger partial charge in [-0.3, -0.25) is 34.3 Å². The largest absolute Gasteiger partial charge is 0.380 e. The quantitative estimate of drug-likeness (QED) is 0.427. The number of imide groups is 2. The van der Waals surface area contributed by atoms with Crippen LogP contribution in [-0.4, -0.2) is 70.6 Å². The lowest BCUT2D eigenvalue weighted by molar-refractivity contribution is -0.136. The Bertz CT molecular complexity index is 1520. The molecule has 4 amide bonds. The zero-order valence-corrected chi connectivity index (χ0v) is 22.3. The van der Waals surface area contributed by atoms with E-state index in [0.717, 1.165) is 35.7 Å². The van der Waals surface area contributed by atoms with Gasteiger partial charge in [-0.25, -0.2) is 9.37 Å². The number of nitrogens with zero attached hydrogens (tertiary/aromatic N) is 4. The van der Waals surface area contributed by atoms with Crippen LogP contribution in [0.5, 0.6) is 0 Å². The van der Waals surface area contributed by atoms with Gasteiger partial charge in [0.05, 0.1) is 11.1 Å². The molecule has 6 rings (SSSR count). The number of rotatable bonds is 7. The van der Waals surface area contributed by atoms with Gasteiger partial charge in [0.1, 0.15) is 6.04 Å². The smallest absolute Gasteiger partial charge is 0.264 e. The SMILES string of the molecule is O=C1CCC(N2C(=O)c3cccc(NCc4ccc(CN5CCN(c6ncccc6F)CC5)cc4)c3C2=O)C(=O)N1. The van der Waals surface area contributed by atoms with Gasteiger partial charge in [0.15, 0.2) is 11.6 Å². The lowest BCUT2D eigenvalue weighted by Crippen LogP contribution is -2.54. The van der Waals surface area contributed by atoms with Gasteiger partial charge >= 0.3 is 0 Å². The maximum Gasteiger partial charge on any atom is 0.264 e. The third-order valence-corrected chi connectivity index (χ3v) is 7.79. The number of hydrogen-bond acceptors (Lipinski definition) is 8. The van der Waals surface area contributed by atoms with E-state index in [1.807, 2.05) is 17.0 Å². The van der Waals surface area contributed by atoms with Crippen molar-refractivity contribution in [3.63, 3.8) is 0 Å². The maximum absolute atomic E-state index is 14.1. The first-order valence-electron chi connectivity index (χ1n) is 13.6. The molecule has 2 fully saturated rings. The van der Waals surface area contributed by atoms with Gasteiger partial charge < -0.3 is 10.2 Å². The van der Waals surface area contributed by atoms with Crippen molar-refractivity contribution < 1.29 is 23.6 Å². The van der Waals surface area contributed by atoms with Gasteiger partial charge in [-0.1, -0.05) is 30.3 Å². The van der Waals surface area contributed by atoms with Crippen molar-refractivity contribution >= 4 is 35.1 Å². The number of halogens is 1. The zero-order valence-electron chi connectivity index (χ0n) is 22.3. The van der Waals surface area contributed by atoms with Crippen LogP contribution in [0.25, 0.3) is 0 Å². The minimum atomic E-state index is -1.00. The van der Waals surface area contributed by atoms with Gasteiger partial charge in [0, 0.05) is 57.6 Å². The molecule has 3 aromatic rings. The highest BCUT2D eigenvalue weighted by atomic mass is 19.1. The van der Waals surface area contributed by atoms with Gasteiger partial charge in [-0.05, 0) is 41.8 Å². The molecule has 0 spiro atoms. The van der Waals surface area contributed by atoms with Crippen LogP contribution in [0.3, 0.4) is 0 Å². The van der Waals surface area contributed by atoms with Crippen molar-refractivity contribution in [2.45, 2.75) is 32.0 Å². The van der Waals surface area contributed by atoms with Crippen molar-refractivity contribution in [2.75, 3.05) is 36.4 Å². The summed E-state index contributed by atoms with van der Waals surface area (Å²) < 4.78 is 14.1. The number of carbonyl (C=O) groups excluding carboxylic acids is 4. The summed E-state index contributed by atoms with van der Waals surface area (Å²) in [6.07, 6.45) is 1.80. The number of aromatic nitrogens is 1. The number of pyridine rings is 1. The summed E-state index contributed by atoms with van der Waals surface area (Å²) in [5.41, 5.74) is 3.16. The van der Waals surface area contributed by atoms with E-state index < -0.39 is 29.7 Å². The Hall–Kier alpha value is -4.64. The van der Waals surface area contributed by atoms with E-state index in [1.165, 1.54) is 6.07 Å². The minimum Gasteiger partial charge on any atom is -0.380 e. The Morgan fingerprint density at radius 3 is 2.39 bits per heavy atom. The molecule has 10 nitrogen and oxygen atoms in total. The van der Waals surface area contributed by atoms with E-state index in [2.05, 4.69) is 32.7 Å². The Morgan fingerprint density at radius 1 is 0.902 bits per heavy atom. The van der Waals surface area contributed by atoms with Crippen LogP contribution in [0.1, 0.15) is 44.7 Å². The molecule has 0 bridgehead atoms. The molecule has 41 heavy (non-hydrogen) atoms. The minimum absolute atomic E-state index is 0.0757. The van der Waals surface area contributed by atoms with Crippen LogP contribution in [0.15, 0.2) is 60.8 Å². The molecule has 11 heteroatoms. The molecule has 3 aliphatic rings. The molecule has 1 unspecified atom stereocenters. The van der Waals surface area contributed by atoms with Crippen LogP contribution in [0.2, 0.25) is 0 Å². The molecular formula is C30H29FN6O4. The molecule has 3 aliphatic heterocycles. The Kier molecular flexibility index (Phi) is 7.19. The second-order valence-corrected chi connectivity index (χ2v) is 10.4. The van der Waals surface area contributed by atoms with Crippen molar-refractivity contribution in [3.05, 3.63) is 88.9 Å². The van der Waals surface area contributed by atoms with Crippen molar-refractivity contribution in [1.29, 1.82) is 0 Å². The molecule has 0 saturated carbocycles. The average molecular weight is 557 g/mol. The van der Waals surface area contributed by atoms with Crippen molar-refractivity contribution in [1.82, 2.24) is 20.1 Å². The van der Waals surface area contributed by atoms with Crippen LogP contribution in [0, 0.1) is 5.82 Å². The van der Waals surface area contributed by atoms with Crippen LogP contribution in [0.4, 0.5) is 15.9 Å². The number of nitrogens with one attached hydrogen (secondary N) is 2. The number of benzene rings is 2. The summed E-state index contributed by atoms with van der Waals surface area (Å²) in [5, 5.41) is 5.49. The molecule has 1 aromatic heterocycles. The first kappa shape index (κ1) is 26.6. The fourth-order valence-corrected chi connectivity index (χ4v) is 5.61. The van der Waals surface area contributed by atoms with E-state index in [-0.39, 0.29) is 29.8 Å². The normalized spacial score (nSPS) is 19.4. The molecule has 0 radical (unpaired) electrons. The third-order valence-electron chi connectivity index (χ3n) is 7.79. The molecule has 2 saturated heterocycles. The fourth-order valence-electron chi connectivity index (χ4n) is 5.61. The predicted molar refractivity (Wildman–Crippen MR) is 149 cm³/mol. The summed E-state index contributed by atoms with van der Waals surface area (Å²) in [5.74, 6) is -2.00. The van der Waals surface area contributed by atoms with E-state index in [4.69, 9.17) is 0 Å². The number of hydrogen-bond donors (Lipinski definition) is 2. The summed E-state index contributed by atoms with van der Waals surface area (Å²) >= 11 is 0. The summed E-state index contributed by atoms with van der Waals surface area (Å²) in [4.78, 5) is 59.7. The number of fused-ring (bicyclic) bond motifs is 1. The van der Waals surface area contributed by atoms with E-state index in [9.17, 15) is 23.6 Å². The maximum atomic E-state index is 14.1. The average Bonchev–Trinajstić information content (AvgIpc) is 3.23. The Labute approximate surface area is 236 Å². The standard InChI is InChI=1S/C30H29FN6O4/c31-22-4-2-12-32-27(22)36-15-13-35(14-16-36)18-20-8-6-19(7-9-20)17-33-23-5-1-3-21-26(23)30(41)37(29(21)40)24-10-11-25(38)34-28(24)39/h1-9,12,24,33H,10-11,13-18H2,(H,34,38,39). The predicted octanol–water partition coefficient (Wildman–Crippen LogP) is 2.56. The third kappa shape index (κ3) is 5.28.